The van der Waals surface area contributed by atoms with Crippen LogP contribution in [0.2, 0.25) is 0 Å². The number of aromatic nitrogens is 4. The van der Waals surface area contributed by atoms with E-state index in [0.717, 1.165) is 12.8 Å². The minimum Gasteiger partial charge on any atom is -0.480 e. The number of carboxylic acids is 1. The molecular weight excluding hydrogens is 264 g/mol. The monoisotopic (exact) mass is 282 g/mol. The van der Waals surface area contributed by atoms with Gasteiger partial charge >= 0.3 is 5.97 Å². The molecule has 0 unspecified atom stereocenters. The van der Waals surface area contributed by atoms with Crippen molar-refractivity contribution in [2.45, 2.75) is 38.4 Å². The van der Waals surface area contributed by atoms with Gasteiger partial charge in [0.1, 0.15) is 12.9 Å². The fraction of sp³-hybridized carbons (Fsp3) is 0.727. The van der Waals surface area contributed by atoms with E-state index in [-0.39, 0.29) is 31.1 Å². The Balaban J connectivity index is 1.70. The molecule has 110 valence electrons. The molecule has 20 heavy (non-hydrogen) atoms. The largest absolute Gasteiger partial charge is 0.480 e. The van der Waals surface area contributed by atoms with E-state index in [1.165, 1.54) is 11.0 Å². The number of carbonyl (C=O) groups excluding carboxylic acids is 1. The fourth-order valence-electron chi connectivity index (χ4n) is 2.35. The third kappa shape index (κ3) is 3.73. The fourth-order valence-corrected chi connectivity index (χ4v) is 2.35. The van der Waals surface area contributed by atoms with Crippen molar-refractivity contribution < 1.29 is 14.7 Å². The Labute approximate surface area is 115 Å². The second-order valence-electron chi connectivity index (χ2n) is 4.85. The van der Waals surface area contributed by atoms with Crippen molar-refractivity contribution in [1.82, 2.24) is 30.4 Å². The standard InChI is InChI=1S/C11H18N6O3/c1-2-16(6-11(19)20)9-3-8(4-9)13-10(18)5-17-7-12-14-15-17/h7-9H,2-6H2,1H3,(H,13,18)(H,19,20). The number of carbonyl (C=O) groups is 2. The number of tetrazole rings is 1. The predicted octanol–water partition coefficient (Wildman–Crippen LogP) is -1.27. The number of likely N-dealkylation sites (N-methyl/N-ethyl adjacent to an activating group) is 1. The van der Waals surface area contributed by atoms with Gasteiger partial charge in [0.15, 0.2) is 0 Å². The normalized spacial score (nSPS) is 21.5. The molecule has 0 bridgehead atoms. The zero-order chi connectivity index (χ0) is 14.5. The summed E-state index contributed by atoms with van der Waals surface area (Å²) in [5.41, 5.74) is 0. The van der Waals surface area contributed by atoms with Gasteiger partial charge in [-0.15, -0.1) is 5.10 Å². The summed E-state index contributed by atoms with van der Waals surface area (Å²) in [6, 6.07) is 0.335. The summed E-state index contributed by atoms with van der Waals surface area (Å²) < 4.78 is 1.36. The predicted molar refractivity (Wildman–Crippen MR) is 67.7 cm³/mol. The summed E-state index contributed by atoms with van der Waals surface area (Å²) in [6.07, 6.45) is 2.94. The molecule has 1 aromatic heterocycles. The Kier molecular flexibility index (Phi) is 4.61. The molecule has 2 N–H and O–H groups in total. The summed E-state index contributed by atoms with van der Waals surface area (Å²) in [5.74, 6) is -0.958. The molecule has 1 heterocycles. The molecule has 1 amide bonds. The quantitative estimate of drug-likeness (QED) is 0.640. The summed E-state index contributed by atoms with van der Waals surface area (Å²) in [4.78, 5) is 24.3. The molecule has 0 radical (unpaired) electrons. The average Bonchev–Trinajstić information content (AvgIpc) is 2.83. The molecule has 1 aliphatic carbocycles. The second-order valence-corrected chi connectivity index (χ2v) is 4.85. The number of aliphatic carboxylic acids is 1. The van der Waals surface area contributed by atoms with Gasteiger partial charge in [0.25, 0.3) is 0 Å². The number of nitrogens with zero attached hydrogens (tertiary/aromatic N) is 5. The van der Waals surface area contributed by atoms with Gasteiger partial charge in [0, 0.05) is 12.1 Å². The lowest BCUT2D eigenvalue weighted by Gasteiger charge is -2.42. The van der Waals surface area contributed by atoms with Crippen LogP contribution in [0.15, 0.2) is 6.33 Å². The molecule has 1 aromatic rings. The van der Waals surface area contributed by atoms with Crippen LogP contribution in [-0.2, 0) is 16.1 Å². The molecule has 0 saturated heterocycles. The van der Waals surface area contributed by atoms with Gasteiger partial charge < -0.3 is 10.4 Å². The minimum atomic E-state index is -0.821. The van der Waals surface area contributed by atoms with Gasteiger partial charge in [-0.05, 0) is 29.8 Å². The van der Waals surface area contributed by atoms with Crippen molar-refractivity contribution in [3.63, 3.8) is 0 Å². The van der Waals surface area contributed by atoms with Crippen molar-refractivity contribution in [2.24, 2.45) is 0 Å². The van der Waals surface area contributed by atoms with E-state index < -0.39 is 5.97 Å². The van der Waals surface area contributed by atoms with Gasteiger partial charge in [-0.3, -0.25) is 14.5 Å². The smallest absolute Gasteiger partial charge is 0.317 e. The number of hydrogen-bond acceptors (Lipinski definition) is 6. The van der Waals surface area contributed by atoms with Crippen LogP contribution in [0.4, 0.5) is 0 Å². The first-order valence-electron chi connectivity index (χ1n) is 6.54. The topological polar surface area (TPSA) is 113 Å². The lowest BCUT2D eigenvalue weighted by atomic mass is 9.85. The number of amides is 1. The minimum absolute atomic E-state index is 0.0481. The van der Waals surface area contributed by atoms with E-state index in [0.29, 0.717) is 6.54 Å². The number of hydrogen-bond donors (Lipinski definition) is 2. The Morgan fingerprint density at radius 3 is 2.80 bits per heavy atom. The van der Waals surface area contributed by atoms with E-state index in [1.807, 2.05) is 11.8 Å². The van der Waals surface area contributed by atoms with Crippen LogP contribution in [0, 0.1) is 0 Å². The maximum absolute atomic E-state index is 11.7. The first kappa shape index (κ1) is 14.4. The highest BCUT2D eigenvalue weighted by molar-refractivity contribution is 5.76. The summed E-state index contributed by atoms with van der Waals surface area (Å²) in [6.45, 7) is 2.78. The summed E-state index contributed by atoms with van der Waals surface area (Å²) in [5, 5.41) is 22.2. The zero-order valence-corrected chi connectivity index (χ0v) is 11.3. The van der Waals surface area contributed by atoms with Crippen molar-refractivity contribution in [1.29, 1.82) is 0 Å². The maximum atomic E-state index is 11.7. The molecule has 9 nitrogen and oxygen atoms in total. The van der Waals surface area contributed by atoms with Crippen LogP contribution in [-0.4, -0.2) is 67.3 Å². The van der Waals surface area contributed by atoms with E-state index in [2.05, 4.69) is 20.8 Å². The van der Waals surface area contributed by atoms with Gasteiger partial charge in [0.05, 0.1) is 6.54 Å². The van der Waals surface area contributed by atoms with Crippen molar-refractivity contribution in [2.75, 3.05) is 13.1 Å². The summed E-state index contributed by atoms with van der Waals surface area (Å²) in [7, 11) is 0. The maximum Gasteiger partial charge on any atom is 0.317 e. The van der Waals surface area contributed by atoms with Crippen LogP contribution in [0.3, 0.4) is 0 Å². The van der Waals surface area contributed by atoms with Gasteiger partial charge in [-0.2, -0.15) is 0 Å². The lowest BCUT2D eigenvalue weighted by Crippen LogP contribution is -2.55. The third-order valence-corrected chi connectivity index (χ3v) is 3.44. The highest BCUT2D eigenvalue weighted by Crippen LogP contribution is 2.25. The van der Waals surface area contributed by atoms with Crippen molar-refractivity contribution in [3.05, 3.63) is 6.33 Å². The van der Waals surface area contributed by atoms with Gasteiger partial charge in [-0.25, -0.2) is 4.68 Å². The molecule has 2 rings (SSSR count). The second kappa shape index (κ2) is 6.42. The van der Waals surface area contributed by atoms with Gasteiger partial charge in [-0.1, -0.05) is 6.92 Å². The molecule has 0 atom stereocenters. The highest BCUT2D eigenvalue weighted by atomic mass is 16.4. The molecule has 1 aliphatic rings. The Morgan fingerprint density at radius 1 is 1.50 bits per heavy atom. The zero-order valence-electron chi connectivity index (χ0n) is 11.3. The first-order valence-corrected chi connectivity index (χ1v) is 6.54. The van der Waals surface area contributed by atoms with E-state index in [4.69, 9.17) is 5.11 Å². The summed E-state index contributed by atoms with van der Waals surface area (Å²) >= 11 is 0. The lowest BCUT2D eigenvalue weighted by molar-refractivity contribution is -0.139. The molecule has 0 aromatic carbocycles. The van der Waals surface area contributed by atoms with Crippen molar-refractivity contribution in [3.8, 4) is 0 Å². The molecule has 0 aliphatic heterocycles. The Morgan fingerprint density at radius 2 is 2.25 bits per heavy atom. The third-order valence-electron chi connectivity index (χ3n) is 3.44. The molecule has 9 heteroatoms. The van der Waals surface area contributed by atoms with Crippen LogP contribution in [0.1, 0.15) is 19.8 Å². The first-order chi connectivity index (χ1) is 9.58. The molecular formula is C11H18N6O3. The van der Waals surface area contributed by atoms with E-state index in [9.17, 15) is 9.59 Å². The SMILES string of the molecule is CCN(CC(=O)O)C1CC(NC(=O)Cn2cnnn2)C1. The molecule has 1 saturated carbocycles. The van der Waals surface area contributed by atoms with Crippen LogP contribution in [0.25, 0.3) is 0 Å². The Bertz CT molecular complexity index is 457. The number of rotatable bonds is 7. The number of nitrogens with one attached hydrogen (secondary N) is 1. The van der Waals surface area contributed by atoms with Crippen LogP contribution >= 0.6 is 0 Å². The van der Waals surface area contributed by atoms with Gasteiger partial charge in [0.2, 0.25) is 5.91 Å². The number of carboxylic acid groups (broad SMARTS) is 1. The van der Waals surface area contributed by atoms with E-state index >= 15 is 0 Å². The van der Waals surface area contributed by atoms with E-state index in [1.54, 1.807) is 0 Å². The average molecular weight is 282 g/mol. The van der Waals surface area contributed by atoms with Crippen LogP contribution < -0.4 is 5.32 Å². The Hall–Kier alpha value is -2.03. The molecule has 1 fully saturated rings. The molecule has 0 spiro atoms. The van der Waals surface area contributed by atoms with Crippen LogP contribution in [0.5, 0.6) is 0 Å². The highest BCUT2D eigenvalue weighted by Gasteiger charge is 2.34. The van der Waals surface area contributed by atoms with Crippen molar-refractivity contribution >= 4 is 11.9 Å².